The minimum Gasteiger partial charge on any atom is -0.443 e. The van der Waals surface area contributed by atoms with Crippen LogP contribution in [-0.4, -0.2) is 99.7 Å². The minimum atomic E-state index is -4.13. The topological polar surface area (TPSA) is 147 Å². The third-order valence-corrected chi connectivity index (χ3v) is 9.90. The van der Waals surface area contributed by atoms with Crippen LogP contribution in [-0.2, 0) is 35.4 Å². The number of hydrogen-bond acceptors (Lipinski definition) is 9. The van der Waals surface area contributed by atoms with E-state index in [2.05, 4.69) is 10.6 Å². The van der Waals surface area contributed by atoms with Crippen molar-refractivity contribution < 1.29 is 37.3 Å². The summed E-state index contributed by atoms with van der Waals surface area (Å²) in [5.74, 6) is -0.432. The Morgan fingerprint density at radius 1 is 1.16 bits per heavy atom. The molecule has 3 aliphatic rings. The lowest BCUT2D eigenvalue weighted by Crippen LogP contribution is -2.51. The quantitative estimate of drug-likeness (QED) is 0.298. The highest BCUT2D eigenvalue weighted by molar-refractivity contribution is 7.89. The van der Waals surface area contributed by atoms with E-state index in [1.807, 2.05) is 44.2 Å². The highest BCUT2D eigenvalue weighted by atomic mass is 32.2. The molecule has 0 saturated carbocycles. The Bertz CT molecular complexity index is 1510. The molecule has 2 fully saturated rings. The van der Waals surface area contributed by atoms with Gasteiger partial charge in [-0.25, -0.2) is 13.2 Å². The molecule has 2 saturated heterocycles. The summed E-state index contributed by atoms with van der Waals surface area (Å²) in [6, 6.07) is 13.0. The molecule has 0 spiro atoms. The predicted octanol–water partition coefficient (Wildman–Crippen LogP) is 2.65. The predicted molar refractivity (Wildman–Crippen MR) is 167 cm³/mol. The molecule has 3 heterocycles. The van der Waals surface area contributed by atoms with Crippen LogP contribution in [0.1, 0.15) is 31.4 Å². The van der Waals surface area contributed by atoms with Gasteiger partial charge in [-0.15, -0.1) is 0 Å². The summed E-state index contributed by atoms with van der Waals surface area (Å²) in [7, 11) is -0.567. The molecule has 5 atom stereocenters. The Hall–Kier alpha value is -3.49. The zero-order chi connectivity index (χ0) is 32.3. The van der Waals surface area contributed by atoms with Crippen molar-refractivity contribution in [3.63, 3.8) is 0 Å². The third-order valence-electron chi connectivity index (χ3n) is 8.07. The number of amides is 2. The second-order valence-corrected chi connectivity index (χ2v) is 14.3. The van der Waals surface area contributed by atoms with E-state index in [1.165, 1.54) is 16.4 Å². The number of hydrogen-bond donors (Lipinski definition) is 3. The van der Waals surface area contributed by atoms with Gasteiger partial charge in [-0.1, -0.05) is 44.2 Å². The van der Waals surface area contributed by atoms with Gasteiger partial charge in [0.25, 0.3) is 5.91 Å². The van der Waals surface area contributed by atoms with Crippen LogP contribution in [0.2, 0.25) is 0 Å². The second-order valence-electron chi connectivity index (χ2n) is 12.4. The Morgan fingerprint density at radius 2 is 1.91 bits per heavy atom. The lowest BCUT2D eigenvalue weighted by molar-refractivity contribution is -0.110. The molecular weight excluding hydrogens is 600 g/mol. The van der Waals surface area contributed by atoms with E-state index in [4.69, 9.17) is 14.2 Å². The number of carbonyl (C=O) groups is 2. The van der Waals surface area contributed by atoms with Crippen LogP contribution in [0.15, 0.2) is 59.6 Å². The molecule has 0 unspecified atom stereocenters. The van der Waals surface area contributed by atoms with E-state index in [9.17, 15) is 23.1 Å². The van der Waals surface area contributed by atoms with Crippen LogP contribution in [0.4, 0.5) is 10.5 Å². The molecule has 45 heavy (non-hydrogen) atoms. The summed E-state index contributed by atoms with van der Waals surface area (Å²) in [5.41, 5.74) is 2.22. The summed E-state index contributed by atoms with van der Waals surface area (Å²) in [6.45, 7) is 4.38. The molecule has 0 bridgehead atoms. The Morgan fingerprint density at radius 3 is 2.62 bits per heavy atom. The van der Waals surface area contributed by atoms with E-state index in [0.717, 1.165) is 12.0 Å². The fourth-order valence-corrected chi connectivity index (χ4v) is 7.55. The van der Waals surface area contributed by atoms with Crippen molar-refractivity contribution in [3.8, 4) is 0 Å². The smallest absolute Gasteiger partial charge is 0.407 e. The van der Waals surface area contributed by atoms with Crippen LogP contribution in [0.5, 0.6) is 0 Å². The van der Waals surface area contributed by atoms with Gasteiger partial charge in [-0.05, 0) is 42.5 Å². The van der Waals surface area contributed by atoms with Gasteiger partial charge >= 0.3 is 6.09 Å². The number of aliphatic hydroxyl groups excluding tert-OH is 1. The number of nitrogens with zero attached hydrogens (tertiary/aromatic N) is 2. The molecule has 0 aromatic heterocycles. The van der Waals surface area contributed by atoms with Crippen LogP contribution < -0.4 is 10.6 Å². The fraction of sp³-hybridized carbons (Fsp3) is 0.500. The summed E-state index contributed by atoms with van der Waals surface area (Å²) in [4.78, 5) is 27.4. The number of aliphatic hydroxyl groups is 1. The highest BCUT2D eigenvalue weighted by Gasteiger charge is 2.44. The lowest BCUT2D eigenvalue weighted by Gasteiger charge is -2.31. The molecule has 0 radical (unpaired) electrons. The van der Waals surface area contributed by atoms with Crippen LogP contribution in [0.3, 0.4) is 0 Å². The number of benzene rings is 2. The molecule has 2 aromatic carbocycles. The maximum Gasteiger partial charge on any atom is 0.407 e. The number of rotatable bonds is 12. The largest absolute Gasteiger partial charge is 0.443 e. The molecule has 2 aromatic rings. The lowest BCUT2D eigenvalue weighted by atomic mass is 10.0. The van der Waals surface area contributed by atoms with Crippen molar-refractivity contribution >= 4 is 33.3 Å². The molecule has 244 valence electrons. The second kappa shape index (κ2) is 13.9. The Labute approximate surface area is 264 Å². The van der Waals surface area contributed by atoms with Crippen LogP contribution in [0.25, 0.3) is 5.57 Å². The van der Waals surface area contributed by atoms with Gasteiger partial charge in [-0.3, -0.25) is 4.79 Å². The molecule has 3 aliphatic heterocycles. The van der Waals surface area contributed by atoms with Crippen molar-refractivity contribution in [2.75, 3.05) is 45.7 Å². The van der Waals surface area contributed by atoms with Gasteiger partial charge in [-0.2, -0.15) is 4.31 Å². The van der Waals surface area contributed by atoms with Crippen LogP contribution >= 0.6 is 0 Å². The zero-order valence-corrected chi connectivity index (χ0v) is 26.8. The minimum absolute atomic E-state index is 0.00296. The number of sulfonamides is 1. The first-order chi connectivity index (χ1) is 21.4. The first kappa shape index (κ1) is 32.9. The Balaban J connectivity index is 1.37. The van der Waals surface area contributed by atoms with Gasteiger partial charge in [0.05, 0.1) is 41.7 Å². The normalized spacial score (nSPS) is 23.1. The van der Waals surface area contributed by atoms with Gasteiger partial charge in [0.1, 0.15) is 6.10 Å². The maximum absolute atomic E-state index is 14.1. The number of alkyl carbamates (subject to hydrolysis) is 1. The monoisotopic (exact) mass is 642 g/mol. The summed E-state index contributed by atoms with van der Waals surface area (Å²) < 4.78 is 46.2. The van der Waals surface area contributed by atoms with Crippen LogP contribution in [0, 0.1) is 11.8 Å². The van der Waals surface area contributed by atoms with Gasteiger partial charge in [0, 0.05) is 44.6 Å². The van der Waals surface area contributed by atoms with Crippen molar-refractivity contribution in [2.45, 2.75) is 56.1 Å². The molecule has 0 aliphatic carbocycles. The highest BCUT2D eigenvalue weighted by Crippen LogP contribution is 2.35. The van der Waals surface area contributed by atoms with Gasteiger partial charge in [0.2, 0.25) is 10.0 Å². The number of fused-ring (bicyclic) bond motifs is 2. The van der Waals surface area contributed by atoms with E-state index in [0.29, 0.717) is 23.4 Å². The van der Waals surface area contributed by atoms with Crippen molar-refractivity contribution in [2.24, 2.45) is 11.8 Å². The average molecular weight is 643 g/mol. The molecular formula is C32H42N4O8S. The van der Waals surface area contributed by atoms with E-state index >= 15 is 0 Å². The number of nitrogens with one attached hydrogen (secondary N) is 2. The SMILES string of the molecule is CC(C)CN(C[C@@H](O)[C@H](Cc1ccccc1)NC(=O)O[C@H]1CO[C@H]2OCC[C@H]21)S(=O)(=O)c1ccc2c(c1)/C(=C/N(C)C)C(=O)N2. The molecule has 12 nitrogen and oxygen atoms in total. The molecule has 2 amide bonds. The number of anilines is 1. The summed E-state index contributed by atoms with van der Waals surface area (Å²) in [5, 5.41) is 17.1. The number of ether oxygens (including phenoxy) is 3. The first-order valence-electron chi connectivity index (χ1n) is 15.2. The van der Waals surface area contributed by atoms with E-state index < -0.39 is 34.4 Å². The third kappa shape index (κ3) is 7.67. The molecule has 5 rings (SSSR count). The van der Waals surface area contributed by atoms with Gasteiger partial charge < -0.3 is 34.9 Å². The fourth-order valence-electron chi connectivity index (χ4n) is 5.90. The Kier molecular flexibility index (Phi) is 10.1. The first-order valence-corrected chi connectivity index (χ1v) is 16.6. The maximum atomic E-state index is 14.1. The van der Waals surface area contributed by atoms with E-state index in [-0.39, 0.29) is 55.0 Å². The summed E-state index contributed by atoms with van der Waals surface area (Å²) in [6.07, 6.45) is -0.248. The van der Waals surface area contributed by atoms with Crippen molar-refractivity contribution in [1.29, 1.82) is 0 Å². The standard InChI is InChI=1S/C32H42N4O8S/c1-20(2)16-36(45(40,41)22-10-11-26-24(15-22)25(17-35(3)4)30(38)33-26)18-28(37)27(14-21-8-6-5-7-9-21)34-32(39)44-29-19-43-31-23(29)12-13-42-31/h5-11,15,17,20,23,27-29,31,37H,12-14,16,18-19H2,1-4H3,(H,33,38)(H,34,39)/b25-17-/t23-,27-,28+,29-,31+/m0/s1. The van der Waals surface area contributed by atoms with Crippen molar-refractivity contribution in [3.05, 3.63) is 65.9 Å². The molecule has 13 heteroatoms. The van der Waals surface area contributed by atoms with E-state index in [1.54, 1.807) is 31.3 Å². The summed E-state index contributed by atoms with van der Waals surface area (Å²) >= 11 is 0. The number of carbonyl (C=O) groups excluding carboxylic acids is 2. The zero-order valence-electron chi connectivity index (χ0n) is 26.0. The van der Waals surface area contributed by atoms with Gasteiger partial charge in [0.15, 0.2) is 6.29 Å². The molecule has 3 N–H and O–H groups in total. The average Bonchev–Trinajstić information content (AvgIpc) is 3.68. The van der Waals surface area contributed by atoms with Crippen molar-refractivity contribution in [1.82, 2.24) is 14.5 Å².